The summed E-state index contributed by atoms with van der Waals surface area (Å²) >= 11 is 0. The molecule has 0 amide bonds. The quantitative estimate of drug-likeness (QED) is 0.515. The first-order valence-electron chi connectivity index (χ1n) is 8.11. The van der Waals surface area contributed by atoms with E-state index in [-0.39, 0.29) is 23.5 Å². The standard InChI is InChI=1S/C21H15FO4/c1-13-8-9-15-18(11-13)26-20(17-7-4-10-24-17)21(19(15)23)25-12-14-5-2-3-6-16(14)22/h2-11H,12H2,1H3. The van der Waals surface area contributed by atoms with Crippen molar-refractivity contribution in [1.82, 2.24) is 0 Å². The number of rotatable bonds is 4. The first-order valence-corrected chi connectivity index (χ1v) is 8.11. The zero-order chi connectivity index (χ0) is 18.1. The van der Waals surface area contributed by atoms with E-state index in [1.807, 2.05) is 13.0 Å². The van der Waals surface area contributed by atoms with Gasteiger partial charge in [0.2, 0.25) is 16.9 Å². The second-order valence-electron chi connectivity index (χ2n) is 5.95. The molecule has 0 N–H and O–H groups in total. The Morgan fingerprint density at radius 3 is 2.69 bits per heavy atom. The minimum absolute atomic E-state index is 0.000411. The van der Waals surface area contributed by atoms with Gasteiger partial charge >= 0.3 is 0 Å². The molecule has 0 aliphatic rings. The molecule has 0 bridgehead atoms. The van der Waals surface area contributed by atoms with Gasteiger partial charge in [0.15, 0.2) is 5.76 Å². The summed E-state index contributed by atoms with van der Waals surface area (Å²) in [6, 6.07) is 14.9. The molecular formula is C21H15FO4. The smallest absolute Gasteiger partial charge is 0.235 e. The van der Waals surface area contributed by atoms with E-state index in [4.69, 9.17) is 13.6 Å². The number of ether oxygens (including phenoxy) is 1. The molecule has 26 heavy (non-hydrogen) atoms. The highest BCUT2D eigenvalue weighted by molar-refractivity contribution is 5.81. The van der Waals surface area contributed by atoms with Gasteiger partial charge < -0.3 is 13.6 Å². The van der Waals surface area contributed by atoms with Crippen LogP contribution in [0.2, 0.25) is 0 Å². The topological polar surface area (TPSA) is 52.6 Å². The van der Waals surface area contributed by atoms with Crippen molar-refractivity contribution < 1.29 is 18.0 Å². The maximum absolute atomic E-state index is 13.9. The number of hydrogen-bond donors (Lipinski definition) is 0. The Kier molecular flexibility index (Phi) is 4.05. The molecule has 2 heterocycles. The van der Waals surface area contributed by atoms with Gasteiger partial charge in [-0.2, -0.15) is 0 Å². The highest BCUT2D eigenvalue weighted by atomic mass is 19.1. The van der Waals surface area contributed by atoms with Gasteiger partial charge in [-0.25, -0.2) is 4.39 Å². The molecule has 0 spiro atoms. The van der Waals surface area contributed by atoms with Crippen LogP contribution >= 0.6 is 0 Å². The largest absolute Gasteiger partial charge is 0.481 e. The minimum atomic E-state index is -0.396. The molecule has 2 aromatic carbocycles. The lowest BCUT2D eigenvalue weighted by molar-refractivity contribution is 0.290. The summed E-state index contributed by atoms with van der Waals surface area (Å²) < 4.78 is 30.8. The Hall–Kier alpha value is -3.34. The summed E-state index contributed by atoms with van der Waals surface area (Å²) in [6.45, 7) is 1.82. The molecule has 5 heteroatoms. The number of benzene rings is 2. The van der Waals surface area contributed by atoms with Crippen molar-refractivity contribution >= 4 is 11.0 Å². The van der Waals surface area contributed by atoms with Gasteiger partial charge in [0.05, 0.1) is 11.6 Å². The first-order chi connectivity index (χ1) is 12.6. The lowest BCUT2D eigenvalue weighted by Crippen LogP contribution is -2.10. The maximum atomic E-state index is 13.9. The SMILES string of the molecule is Cc1ccc2c(=O)c(OCc3ccccc3F)c(-c3ccco3)oc2c1. The molecule has 0 aliphatic heterocycles. The van der Waals surface area contributed by atoms with Crippen LogP contribution in [0.4, 0.5) is 4.39 Å². The molecule has 4 rings (SSSR count). The molecule has 2 aromatic heterocycles. The van der Waals surface area contributed by atoms with E-state index in [0.717, 1.165) is 5.56 Å². The number of aryl methyl sites for hydroxylation is 1. The predicted octanol–water partition coefficient (Wildman–Crippen LogP) is 5.08. The third-order valence-corrected chi connectivity index (χ3v) is 4.08. The van der Waals surface area contributed by atoms with E-state index in [9.17, 15) is 9.18 Å². The molecule has 0 saturated heterocycles. The van der Waals surface area contributed by atoms with Gasteiger partial charge in [0.1, 0.15) is 18.0 Å². The van der Waals surface area contributed by atoms with Gasteiger partial charge in [0, 0.05) is 5.56 Å². The highest BCUT2D eigenvalue weighted by Gasteiger charge is 2.20. The molecule has 4 aromatic rings. The third kappa shape index (κ3) is 2.88. The van der Waals surface area contributed by atoms with E-state index in [0.29, 0.717) is 22.3 Å². The lowest BCUT2D eigenvalue weighted by atomic mass is 10.1. The molecule has 4 nitrogen and oxygen atoms in total. The van der Waals surface area contributed by atoms with E-state index in [2.05, 4.69) is 0 Å². The summed E-state index contributed by atoms with van der Waals surface area (Å²) in [5.74, 6) is 0.163. The number of fused-ring (bicyclic) bond motifs is 1. The van der Waals surface area contributed by atoms with Crippen LogP contribution in [0, 0.1) is 12.7 Å². The van der Waals surface area contributed by atoms with Gasteiger partial charge in [-0.1, -0.05) is 24.3 Å². The number of halogens is 1. The Labute approximate surface area is 148 Å². The Bertz CT molecular complexity index is 1130. The van der Waals surface area contributed by atoms with Crippen molar-refractivity contribution in [3.8, 4) is 17.3 Å². The summed E-state index contributed by atoms with van der Waals surface area (Å²) in [5.41, 5.74) is 1.43. The second kappa shape index (κ2) is 6.52. The predicted molar refractivity (Wildman–Crippen MR) is 95.7 cm³/mol. The summed E-state index contributed by atoms with van der Waals surface area (Å²) in [4.78, 5) is 12.9. The van der Waals surface area contributed by atoms with Gasteiger partial charge in [-0.3, -0.25) is 4.79 Å². The summed E-state index contributed by atoms with van der Waals surface area (Å²) in [7, 11) is 0. The average Bonchev–Trinajstić information content (AvgIpc) is 3.16. The normalized spacial score (nSPS) is 11.0. The fourth-order valence-corrected chi connectivity index (χ4v) is 2.75. The maximum Gasteiger partial charge on any atom is 0.235 e. The summed E-state index contributed by atoms with van der Waals surface area (Å²) in [5, 5.41) is 0.398. The van der Waals surface area contributed by atoms with Crippen molar-refractivity contribution in [1.29, 1.82) is 0 Å². The molecule has 0 radical (unpaired) electrons. The van der Waals surface area contributed by atoms with E-state index >= 15 is 0 Å². The van der Waals surface area contributed by atoms with Crippen LogP contribution in [0.3, 0.4) is 0 Å². The van der Waals surface area contributed by atoms with Crippen LogP contribution in [0.5, 0.6) is 5.75 Å². The van der Waals surface area contributed by atoms with Crippen molar-refractivity contribution in [2.24, 2.45) is 0 Å². The van der Waals surface area contributed by atoms with Crippen molar-refractivity contribution in [3.63, 3.8) is 0 Å². The van der Waals surface area contributed by atoms with Crippen LogP contribution in [-0.4, -0.2) is 0 Å². The van der Waals surface area contributed by atoms with Crippen LogP contribution in [0.25, 0.3) is 22.5 Å². The van der Waals surface area contributed by atoms with Crippen LogP contribution in [0.15, 0.2) is 74.5 Å². The van der Waals surface area contributed by atoms with Crippen molar-refractivity contribution in [2.75, 3.05) is 0 Å². The van der Waals surface area contributed by atoms with Gasteiger partial charge in [-0.05, 0) is 42.8 Å². The van der Waals surface area contributed by atoms with Crippen LogP contribution < -0.4 is 10.2 Å². The van der Waals surface area contributed by atoms with Crippen LogP contribution in [-0.2, 0) is 6.61 Å². The highest BCUT2D eigenvalue weighted by Crippen LogP contribution is 2.32. The Balaban J connectivity index is 1.85. The molecule has 0 fully saturated rings. The molecule has 0 unspecified atom stereocenters. The third-order valence-electron chi connectivity index (χ3n) is 4.08. The Morgan fingerprint density at radius 2 is 1.92 bits per heavy atom. The zero-order valence-corrected chi connectivity index (χ0v) is 14.0. The lowest BCUT2D eigenvalue weighted by Gasteiger charge is -2.11. The van der Waals surface area contributed by atoms with E-state index in [1.165, 1.54) is 12.3 Å². The van der Waals surface area contributed by atoms with E-state index < -0.39 is 5.82 Å². The summed E-state index contributed by atoms with van der Waals surface area (Å²) in [6.07, 6.45) is 1.48. The fourth-order valence-electron chi connectivity index (χ4n) is 2.75. The van der Waals surface area contributed by atoms with Gasteiger partial charge in [-0.15, -0.1) is 0 Å². The monoisotopic (exact) mass is 350 g/mol. The first kappa shape index (κ1) is 16.1. The minimum Gasteiger partial charge on any atom is -0.481 e. The second-order valence-corrected chi connectivity index (χ2v) is 5.95. The van der Waals surface area contributed by atoms with Crippen LogP contribution in [0.1, 0.15) is 11.1 Å². The molecule has 130 valence electrons. The number of hydrogen-bond acceptors (Lipinski definition) is 4. The average molecular weight is 350 g/mol. The molecule has 0 saturated carbocycles. The molecule has 0 atom stereocenters. The van der Waals surface area contributed by atoms with Crippen molar-refractivity contribution in [2.45, 2.75) is 13.5 Å². The van der Waals surface area contributed by atoms with Crippen molar-refractivity contribution in [3.05, 3.63) is 88.0 Å². The fraction of sp³-hybridized carbons (Fsp3) is 0.0952. The Morgan fingerprint density at radius 1 is 1.08 bits per heavy atom. The van der Waals surface area contributed by atoms with E-state index in [1.54, 1.807) is 42.5 Å². The number of furan rings is 1. The molecule has 0 aliphatic carbocycles. The van der Waals surface area contributed by atoms with Gasteiger partial charge in [0.25, 0.3) is 0 Å². The molecular weight excluding hydrogens is 335 g/mol. The zero-order valence-electron chi connectivity index (χ0n) is 14.0.